The van der Waals surface area contributed by atoms with Crippen LogP contribution in [-0.2, 0) is 37.6 Å². The third-order valence-electron chi connectivity index (χ3n) is 4.59. The SMILES string of the molecule is C=CC[N+]1(CC=C)Cc2ccccc2C2=CC=CCC21.F[P-](F)(F)(F)(F)F.[C-]#[O+].[C-]#[O+].[C-]#[O+].[Fe]. The third kappa shape index (κ3) is 13.6. The van der Waals surface area contributed by atoms with Gasteiger partial charge in [0, 0.05) is 34.6 Å². The van der Waals surface area contributed by atoms with Gasteiger partial charge in [-0.05, 0) is 17.7 Å². The van der Waals surface area contributed by atoms with Crippen molar-refractivity contribution in [3.05, 3.63) is 98.9 Å². The van der Waals surface area contributed by atoms with Crippen molar-refractivity contribution in [2.45, 2.75) is 19.0 Å². The Morgan fingerprint density at radius 3 is 1.79 bits per heavy atom. The first-order chi connectivity index (χ1) is 15.3. The molecule has 1 unspecified atom stereocenters. The quantitative estimate of drug-likeness (QED) is 0.0717. The van der Waals surface area contributed by atoms with E-state index in [1.165, 1.54) is 16.7 Å². The van der Waals surface area contributed by atoms with Gasteiger partial charge in [0.2, 0.25) is 0 Å². The van der Waals surface area contributed by atoms with Crippen LogP contribution in [0.1, 0.15) is 17.5 Å². The molecule has 1 aliphatic carbocycles. The topological polar surface area (TPSA) is 59.7 Å². The molecule has 4 nitrogen and oxygen atoms in total. The van der Waals surface area contributed by atoms with Crippen LogP contribution < -0.4 is 0 Å². The molecule has 34 heavy (non-hydrogen) atoms. The summed E-state index contributed by atoms with van der Waals surface area (Å²) in [5, 5.41) is 0. The summed E-state index contributed by atoms with van der Waals surface area (Å²) >= 11 is 0. The fourth-order valence-electron chi connectivity index (χ4n) is 3.77. The molecule has 1 heterocycles. The van der Waals surface area contributed by atoms with Crippen molar-refractivity contribution in [2.24, 2.45) is 0 Å². The zero-order chi connectivity index (χ0) is 26.4. The van der Waals surface area contributed by atoms with E-state index in [0.29, 0.717) is 6.04 Å². The van der Waals surface area contributed by atoms with E-state index >= 15 is 0 Å². The van der Waals surface area contributed by atoms with Gasteiger partial charge in [0.1, 0.15) is 12.6 Å². The smallest absolute Gasteiger partial charge is 0 e. The Morgan fingerprint density at radius 1 is 0.912 bits per heavy atom. The van der Waals surface area contributed by atoms with E-state index in [9.17, 15) is 25.2 Å². The van der Waals surface area contributed by atoms with Gasteiger partial charge in [-0.3, -0.25) is 0 Å². The van der Waals surface area contributed by atoms with E-state index < -0.39 is 7.81 Å². The first kappa shape index (κ1) is 36.5. The van der Waals surface area contributed by atoms with Crippen LogP contribution in [0.5, 0.6) is 0 Å². The van der Waals surface area contributed by atoms with Gasteiger partial charge >= 0.3 is 66.9 Å². The summed E-state index contributed by atoms with van der Waals surface area (Å²) in [6.07, 6.45) is 12.0. The summed E-state index contributed by atoms with van der Waals surface area (Å²) in [7, 11) is -10.7. The number of benzene rings is 1. The fraction of sp³-hybridized carbons (Fsp3) is 0.227. The summed E-state index contributed by atoms with van der Waals surface area (Å²) in [6, 6.07) is 9.36. The van der Waals surface area contributed by atoms with Crippen molar-refractivity contribution in [1.29, 1.82) is 0 Å². The van der Waals surface area contributed by atoms with Gasteiger partial charge in [-0.15, -0.1) is 0 Å². The standard InChI is InChI=1S/C19H22N.3CO.F6P.Fe/c1-3-13-20(14-4-2)15-16-9-5-6-10-17(16)18-11-7-8-12-19(18)20;3*1-2;1-7(2,3,4,5)6;/h3-11,19H,1-2,12-15H2;;;;;/q+1;;;;-1;. The van der Waals surface area contributed by atoms with Gasteiger partial charge in [0.15, 0.2) is 0 Å². The minimum atomic E-state index is -10.7. The molecule has 0 amide bonds. The molecule has 12 heteroatoms. The van der Waals surface area contributed by atoms with Crippen LogP contribution in [-0.4, -0.2) is 23.6 Å². The molecule has 3 rings (SSSR count). The molecule has 0 fully saturated rings. The molecule has 0 saturated carbocycles. The van der Waals surface area contributed by atoms with Gasteiger partial charge in [-0.1, -0.05) is 55.7 Å². The van der Waals surface area contributed by atoms with Crippen LogP contribution >= 0.6 is 7.81 Å². The largest absolute Gasteiger partial charge is 0 e. The molecule has 2 aliphatic rings. The first-order valence-electron chi connectivity index (χ1n) is 8.96. The monoisotopic (exact) mass is 549 g/mol. The molecular formula is C22H22F6FeNO3P. The predicted octanol–water partition coefficient (Wildman–Crippen LogP) is 7.37. The second kappa shape index (κ2) is 14.3. The van der Waals surface area contributed by atoms with Crippen LogP contribution in [0.4, 0.5) is 25.2 Å². The number of allylic oxidation sites excluding steroid dienone is 2. The Kier molecular flexibility index (Phi) is 15.4. The molecule has 188 valence electrons. The minimum Gasteiger partial charge on any atom is 0 e. The van der Waals surface area contributed by atoms with E-state index in [4.69, 9.17) is 14.0 Å². The molecule has 0 radical (unpaired) electrons. The molecular weight excluding hydrogens is 527 g/mol. The summed E-state index contributed by atoms with van der Waals surface area (Å²) in [6.45, 7) is 24.5. The number of rotatable bonds is 4. The maximum absolute atomic E-state index is 10.7. The van der Waals surface area contributed by atoms with Crippen molar-refractivity contribution in [1.82, 2.24) is 0 Å². The third-order valence-corrected chi connectivity index (χ3v) is 4.59. The molecule has 1 aromatic carbocycles. The van der Waals surface area contributed by atoms with Gasteiger partial charge in [-0.2, -0.15) is 0 Å². The number of hydrogen-bond donors (Lipinski definition) is 0. The van der Waals surface area contributed by atoms with E-state index in [-0.39, 0.29) is 17.1 Å². The van der Waals surface area contributed by atoms with Crippen molar-refractivity contribution in [3.8, 4) is 0 Å². The van der Waals surface area contributed by atoms with Crippen LogP contribution in [0.3, 0.4) is 0 Å². The van der Waals surface area contributed by atoms with E-state index in [2.05, 4.69) is 87.8 Å². The van der Waals surface area contributed by atoms with Crippen LogP contribution in [0, 0.1) is 20.0 Å². The average molecular weight is 549 g/mol. The number of nitrogens with zero attached hydrogens (tertiary/aromatic N) is 1. The second-order valence-corrected chi connectivity index (χ2v) is 8.65. The Balaban J connectivity index is -0.000000585. The van der Waals surface area contributed by atoms with E-state index in [1.54, 1.807) is 0 Å². The van der Waals surface area contributed by atoms with E-state index in [1.807, 2.05) is 0 Å². The van der Waals surface area contributed by atoms with Crippen LogP contribution in [0.2, 0.25) is 0 Å². The fourth-order valence-corrected chi connectivity index (χ4v) is 3.77. The molecule has 0 N–H and O–H groups in total. The van der Waals surface area contributed by atoms with Crippen molar-refractivity contribution < 1.29 is 60.7 Å². The predicted molar refractivity (Wildman–Crippen MR) is 111 cm³/mol. The number of fused-ring (bicyclic) bond motifs is 3. The Morgan fingerprint density at radius 2 is 1.35 bits per heavy atom. The molecule has 0 aromatic heterocycles. The summed E-state index contributed by atoms with van der Waals surface area (Å²) < 4.78 is 82.7. The van der Waals surface area contributed by atoms with Gasteiger partial charge < -0.3 is 4.48 Å². The minimum absolute atomic E-state index is 0. The zero-order valence-electron chi connectivity index (χ0n) is 17.8. The number of quaternary nitrogens is 1. The second-order valence-electron chi connectivity index (χ2n) is 6.74. The van der Waals surface area contributed by atoms with Crippen molar-refractivity contribution in [2.75, 3.05) is 13.1 Å². The van der Waals surface area contributed by atoms with Gasteiger partial charge in [-0.25, -0.2) is 0 Å². The van der Waals surface area contributed by atoms with Gasteiger partial charge in [0.05, 0.1) is 13.1 Å². The summed E-state index contributed by atoms with van der Waals surface area (Å²) in [5.74, 6) is 0. The Bertz CT molecular complexity index is 902. The Hall–Kier alpha value is -2.11. The molecule has 0 saturated heterocycles. The zero-order valence-corrected chi connectivity index (χ0v) is 19.8. The number of halogens is 6. The normalized spacial score (nSPS) is 18.1. The van der Waals surface area contributed by atoms with Crippen molar-refractivity contribution >= 4 is 13.4 Å². The maximum atomic E-state index is 9.87. The molecule has 0 spiro atoms. The maximum Gasteiger partial charge on any atom is 0 e. The molecule has 0 bridgehead atoms. The first-order valence-corrected chi connectivity index (χ1v) is 11.0. The Labute approximate surface area is 205 Å². The number of hydrogen-bond acceptors (Lipinski definition) is 0. The summed E-state index contributed by atoms with van der Waals surface area (Å²) in [5.41, 5.74) is 4.37. The summed E-state index contributed by atoms with van der Waals surface area (Å²) in [4.78, 5) is 0. The van der Waals surface area contributed by atoms with E-state index in [0.717, 1.165) is 30.5 Å². The van der Waals surface area contributed by atoms with Crippen LogP contribution in [0.25, 0.3) is 5.57 Å². The molecule has 1 aromatic rings. The molecule has 1 atom stereocenters. The molecule has 1 aliphatic heterocycles. The average Bonchev–Trinajstić information content (AvgIpc) is 2.76. The van der Waals surface area contributed by atoms with Crippen molar-refractivity contribution in [3.63, 3.8) is 0 Å². The van der Waals surface area contributed by atoms with Gasteiger partial charge in [0.25, 0.3) is 0 Å². The van der Waals surface area contributed by atoms with Crippen LogP contribution in [0.15, 0.2) is 67.8 Å².